The smallest absolute Gasteiger partial charge is 0.171 e. The van der Waals surface area contributed by atoms with Crippen LogP contribution >= 0.6 is 12.2 Å². The third-order valence-electron chi connectivity index (χ3n) is 5.54. The largest absolute Gasteiger partial charge is 0.357 e. The maximum absolute atomic E-state index is 5.67. The summed E-state index contributed by atoms with van der Waals surface area (Å²) in [7, 11) is 0. The van der Waals surface area contributed by atoms with Gasteiger partial charge in [-0.1, -0.05) is 60.4 Å². The van der Waals surface area contributed by atoms with E-state index in [1.807, 2.05) is 0 Å². The molecular weight excluding hydrogens is 336 g/mol. The Hall–Kier alpha value is -1.87. The minimum atomic E-state index is 0.131. The fraction of sp³-hybridized carbons (Fsp3) is 0.435. The highest BCUT2D eigenvalue weighted by Gasteiger charge is 2.34. The van der Waals surface area contributed by atoms with Gasteiger partial charge in [0.15, 0.2) is 5.11 Å². The summed E-state index contributed by atoms with van der Waals surface area (Å²) < 4.78 is 0. The first-order valence-corrected chi connectivity index (χ1v) is 10.1. The van der Waals surface area contributed by atoms with Crippen LogP contribution in [0.2, 0.25) is 0 Å². The van der Waals surface area contributed by atoms with Gasteiger partial charge in [0.25, 0.3) is 0 Å². The van der Waals surface area contributed by atoms with Crippen molar-refractivity contribution in [2.75, 3.05) is 5.32 Å². The summed E-state index contributed by atoms with van der Waals surface area (Å²) in [5.74, 6) is 0. The van der Waals surface area contributed by atoms with Crippen LogP contribution in [0, 0.1) is 20.8 Å². The van der Waals surface area contributed by atoms with Gasteiger partial charge < -0.3 is 10.6 Å². The molecule has 3 rings (SSSR count). The molecule has 0 amide bonds. The zero-order chi connectivity index (χ0) is 18.6. The van der Waals surface area contributed by atoms with Gasteiger partial charge >= 0.3 is 0 Å². The van der Waals surface area contributed by atoms with Crippen LogP contribution in [-0.4, -0.2) is 10.7 Å². The van der Waals surface area contributed by atoms with E-state index in [0.717, 1.165) is 23.6 Å². The number of rotatable bonds is 5. The standard InChI is InChI=1S/C23H30N2S/c1-17-7-6-8-20(16-17)11-14-23(12-4-5-13-23)25-22(26)24-21-10-9-18(2)15-19(21)3/h6-10,15-16H,4-5,11-14H2,1-3H3,(H2,24,25,26). The molecule has 0 atom stereocenters. The number of aryl methyl sites for hydroxylation is 4. The zero-order valence-electron chi connectivity index (χ0n) is 16.2. The first kappa shape index (κ1) is 18.9. The summed E-state index contributed by atoms with van der Waals surface area (Å²) in [6, 6.07) is 15.3. The highest BCUT2D eigenvalue weighted by molar-refractivity contribution is 7.80. The van der Waals surface area contributed by atoms with E-state index in [0.29, 0.717) is 0 Å². The Morgan fingerprint density at radius 1 is 1.00 bits per heavy atom. The summed E-state index contributed by atoms with van der Waals surface area (Å²) in [6.45, 7) is 6.41. The van der Waals surface area contributed by atoms with E-state index in [9.17, 15) is 0 Å². The molecule has 2 aromatic carbocycles. The Kier molecular flexibility index (Phi) is 5.98. The van der Waals surface area contributed by atoms with Crippen molar-refractivity contribution >= 4 is 23.0 Å². The number of hydrogen-bond donors (Lipinski definition) is 2. The van der Waals surface area contributed by atoms with E-state index in [2.05, 4.69) is 73.9 Å². The molecule has 0 saturated heterocycles. The van der Waals surface area contributed by atoms with Crippen molar-refractivity contribution in [2.24, 2.45) is 0 Å². The van der Waals surface area contributed by atoms with E-state index in [-0.39, 0.29) is 5.54 Å². The Bertz CT molecular complexity index is 776. The predicted molar refractivity (Wildman–Crippen MR) is 116 cm³/mol. The van der Waals surface area contributed by atoms with Gasteiger partial charge in [0.1, 0.15) is 0 Å². The minimum Gasteiger partial charge on any atom is -0.357 e. The average molecular weight is 367 g/mol. The van der Waals surface area contributed by atoms with E-state index < -0.39 is 0 Å². The van der Waals surface area contributed by atoms with Crippen LogP contribution < -0.4 is 10.6 Å². The quantitative estimate of drug-likeness (QED) is 0.650. The molecule has 0 aromatic heterocycles. The molecule has 138 valence electrons. The van der Waals surface area contributed by atoms with Gasteiger partial charge in [0, 0.05) is 11.2 Å². The fourth-order valence-electron chi connectivity index (χ4n) is 4.09. The van der Waals surface area contributed by atoms with Crippen molar-refractivity contribution in [2.45, 2.75) is 64.8 Å². The third-order valence-corrected chi connectivity index (χ3v) is 5.75. The lowest BCUT2D eigenvalue weighted by atomic mass is 9.89. The Balaban J connectivity index is 1.64. The van der Waals surface area contributed by atoms with Crippen molar-refractivity contribution in [3.8, 4) is 0 Å². The molecule has 1 aliphatic carbocycles. The molecule has 1 saturated carbocycles. The molecule has 3 heteroatoms. The average Bonchev–Trinajstić information content (AvgIpc) is 3.04. The SMILES string of the molecule is Cc1cccc(CCC2(NC(=S)Nc3ccc(C)cc3C)CCCC2)c1. The Morgan fingerprint density at radius 2 is 1.73 bits per heavy atom. The third kappa shape index (κ3) is 4.85. The molecular formula is C23H30N2S. The van der Waals surface area contributed by atoms with E-state index >= 15 is 0 Å². The second kappa shape index (κ2) is 8.22. The van der Waals surface area contributed by atoms with E-state index in [1.165, 1.54) is 47.9 Å². The molecule has 1 fully saturated rings. The van der Waals surface area contributed by atoms with Crippen molar-refractivity contribution in [3.63, 3.8) is 0 Å². The normalized spacial score (nSPS) is 15.7. The summed E-state index contributed by atoms with van der Waals surface area (Å²) >= 11 is 5.67. The number of thiocarbonyl (C=S) groups is 1. The molecule has 0 radical (unpaired) electrons. The highest BCUT2D eigenvalue weighted by atomic mass is 32.1. The molecule has 2 N–H and O–H groups in total. The second-order valence-electron chi connectivity index (χ2n) is 7.87. The lowest BCUT2D eigenvalue weighted by molar-refractivity contribution is 0.362. The van der Waals surface area contributed by atoms with Crippen LogP contribution in [0.1, 0.15) is 54.4 Å². The van der Waals surface area contributed by atoms with Crippen molar-refractivity contribution in [1.29, 1.82) is 0 Å². The number of nitrogens with one attached hydrogen (secondary N) is 2. The molecule has 0 bridgehead atoms. The summed E-state index contributed by atoms with van der Waals surface area (Å²) in [5.41, 5.74) is 6.49. The van der Waals surface area contributed by atoms with Gasteiger partial charge in [-0.25, -0.2) is 0 Å². The number of benzene rings is 2. The van der Waals surface area contributed by atoms with Gasteiger partial charge in [0.2, 0.25) is 0 Å². The van der Waals surface area contributed by atoms with Crippen LogP contribution in [0.4, 0.5) is 5.69 Å². The van der Waals surface area contributed by atoms with Crippen molar-refractivity contribution in [1.82, 2.24) is 5.32 Å². The van der Waals surface area contributed by atoms with Gasteiger partial charge in [-0.15, -0.1) is 0 Å². The van der Waals surface area contributed by atoms with Crippen LogP contribution in [-0.2, 0) is 6.42 Å². The lowest BCUT2D eigenvalue weighted by Crippen LogP contribution is -2.48. The second-order valence-corrected chi connectivity index (χ2v) is 8.28. The van der Waals surface area contributed by atoms with E-state index in [1.54, 1.807) is 0 Å². The van der Waals surface area contributed by atoms with E-state index in [4.69, 9.17) is 12.2 Å². The van der Waals surface area contributed by atoms with Crippen LogP contribution in [0.5, 0.6) is 0 Å². The zero-order valence-corrected chi connectivity index (χ0v) is 17.0. The topological polar surface area (TPSA) is 24.1 Å². The highest BCUT2D eigenvalue weighted by Crippen LogP contribution is 2.34. The molecule has 26 heavy (non-hydrogen) atoms. The van der Waals surface area contributed by atoms with Crippen LogP contribution in [0.15, 0.2) is 42.5 Å². The first-order chi connectivity index (χ1) is 12.5. The molecule has 0 heterocycles. The minimum absolute atomic E-state index is 0.131. The molecule has 2 nitrogen and oxygen atoms in total. The first-order valence-electron chi connectivity index (χ1n) is 9.68. The van der Waals surface area contributed by atoms with Crippen LogP contribution in [0.25, 0.3) is 0 Å². The van der Waals surface area contributed by atoms with Gasteiger partial charge in [-0.05, 0) is 75.9 Å². The van der Waals surface area contributed by atoms with Gasteiger partial charge in [0.05, 0.1) is 0 Å². The summed E-state index contributed by atoms with van der Waals surface area (Å²) in [6.07, 6.45) is 7.20. The number of hydrogen-bond acceptors (Lipinski definition) is 1. The van der Waals surface area contributed by atoms with Crippen molar-refractivity contribution in [3.05, 3.63) is 64.7 Å². The fourth-order valence-corrected chi connectivity index (χ4v) is 4.42. The molecule has 0 unspecified atom stereocenters. The monoisotopic (exact) mass is 366 g/mol. The molecule has 2 aromatic rings. The summed E-state index contributed by atoms with van der Waals surface area (Å²) in [5, 5.41) is 7.86. The van der Waals surface area contributed by atoms with Gasteiger partial charge in [-0.3, -0.25) is 0 Å². The van der Waals surface area contributed by atoms with Gasteiger partial charge in [-0.2, -0.15) is 0 Å². The van der Waals surface area contributed by atoms with Crippen LogP contribution in [0.3, 0.4) is 0 Å². The Morgan fingerprint density at radius 3 is 2.42 bits per heavy atom. The Labute approximate surface area is 163 Å². The molecule has 0 aliphatic heterocycles. The summed E-state index contributed by atoms with van der Waals surface area (Å²) in [4.78, 5) is 0. The maximum atomic E-state index is 5.67. The number of anilines is 1. The molecule has 0 spiro atoms. The molecule has 1 aliphatic rings. The van der Waals surface area contributed by atoms with Crippen molar-refractivity contribution < 1.29 is 0 Å². The maximum Gasteiger partial charge on any atom is 0.171 e. The lowest BCUT2D eigenvalue weighted by Gasteiger charge is -2.32. The predicted octanol–water partition coefficient (Wildman–Crippen LogP) is 5.84.